The van der Waals surface area contributed by atoms with Gasteiger partial charge >= 0.3 is 54.9 Å². The van der Waals surface area contributed by atoms with Crippen molar-refractivity contribution in [2.24, 2.45) is 0 Å². The fourth-order valence-corrected chi connectivity index (χ4v) is 10.8. The third kappa shape index (κ3) is 21.0. The number of benzene rings is 7. The second-order valence-corrected chi connectivity index (χ2v) is 23.3. The first kappa shape index (κ1) is 81.7. The SMILES string of the molecule is CCOC(=O)c1cnc2ccc(Br)cc2c1Nc1ccccc1C(=O)O.CCOC(=O)c1cnc2ccc(OC(F)(F)F)cc2c1Nc1ccccc1C#N.CCOC(=O)c1cnc2ncc(OC(F)(F)F)cc2c1Nc1ccccc1C(=O)O.N#Cc1cnc2ccc(OC(F)(F)F)cc2c1Nc1ccccc1C(=O)O. The number of hydrogen-bond acceptors (Lipinski definition) is 23. The molecular weight excluding hydrogens is 1560 g/mol. The normalized spacial score (nSPS) is 11.0. The van der Waals surface area contributed by atoms with E-state index in [0.29, 0.717) is 39.0 Å². The molecule has 0 amide bonds. The summed E-state index contributed by atoms with van der Waals surface area (Å²) < 4.78 is 141. The number of para-hydroxylation sites is 4. The van der Waals surface area contributed by atoms with Gasteiger partial charge in [-0.05, 0) is 130 Å². The predicted molar refractivity (Wildman–Crippen MR) is 390 cm³/mol. The van der Waals surface area contributed by atoms with Gasteiger partial charge in [0.2, 0.25) is 0 Å². The van der Waals surface area contributed by atoms with Crippen molar-refractivity contribution in [1.29, 1.82) is 10.5 Å². The van der Waals surface area contributed by atoms with Gasteiger partial charge in [0.05, 0.1) is 116 Å². The van der Waals surface area contributed by atoms with E-state index in [9.17, 15) is 94.1 Å². The third-order valence-corrected chi connectivity index (χ3v) is 15.6. The number of nitrogens with zero attached hydrogens (tertiary/aromatic N) is 7. The lowest BCUT2D eigenvalue weighted by atomic mass is 10.1. The zero-order valence-electron chi connectivity index (χ0n) is 57.7. The number of carboxylic acids is 3. The van der Waals surface area contributed by atoms with Crippen LogP contribution in [-0.2, 0) is 14.2 Å². The van der Waals surface area contributed by atoms with Crippen molar-refractivity contribution in [2.75, 3.05) is 41.1 Å². The highest BCUT2D eigenvalue weighted by molar-refractivity contribution is 9.10. The number of nitriles is 2. The van der Waals surface area contributed by atoms with Crippen LogP contribution in [0.4, 0.5) is 85.0 Å². The summed E-state index contributed by atoms with van der Waals surface area (Å²) in [4.78, 5) is 91.8. The monoisotopic (exact) mass is 1610 g/mol. The van der Waals surface area contributed by atoms with Gasteiger partial charge in [-0.15, -0.1) is 39.5 Å². The van der Waals surface area contributed by atoms with Gasteiger partial charge in [-0.1, -0.05) is 64.5 Å². The predicted octanol–water partition coefficient (Wildman–Crippen LogP) is 18.1. The summed E-state index contributed by atoms with van der Waals surface area (Å²) in [5, 5.41) is 59.5. The highest BCUT2D eigenvalue weighted by atomic mass is 79.9. The van der Waals surface area contributed by atoms with E-state index in [1.54, 1.807) is 75.4 Å². The maximum Gasteiger partial charge on any atom is 0.573 e. The second kappa shape index (κ2) is 36.0. The molecule has 7 aromatic carbocycles. The zero-order valence-corrected chi connectivity index (χ0v) is 59.3. The van der Waals surface area contributed by atoms with E-state index in [2.05, 4.69) is 76.3 Å². The molecule has 5 aromatic heterocycles. The molecule has 0 aliphatic heterocycles. The van der Waals surface area contributed by atoms with Crippen molar-refractivity contribution in [2.45, 2.75) is 39.9 Å². The van der Waals surface area contributed by atoms with Gasteiger partial charge in [-0.3, -0.25) is 15.0 Å². The number of carbonyl (C=O) groups excluding carboxylic acids is 3. The molecule has 36 heteroatoms. The molecule has 112 heavy (non-hydrogen) atoms. The molecule has 0 bridgehead atoms. The van der Waals surface area contributed by atoms with E-state index in [0.717, 1.165) is 47.2 Å². The van der Waals surface area contributed by atoms with Crippen LogP contribution < -0.4 is 35.5 Å². The van der Waals surface area contributed by atoms with Gasteiger partial charge in [-0.25, -0.2) is 38.7 Å². The molecule has 0 fully saturated rings. The molecule has 0 unspecified atom stereocenters. The average Bonchev–Trinajstić information content (AvgIpc) is 0.786. The van der Waals surface area contributed by atoms with Crippen molar-refractivity contribution < 1.29 is 112 Å². The first-order valence-electron chi connectivity index (χ1n) is 32.3. The summed E-state index contributed by atoms with van der Waals surface area (Å²) in [5.74, 6) is -7.13. The van der Waals surface area contributed by atoms with E-state index in [4.69, 9.17) is 14.2 Å². The number of hydrogen-bond donors (Lipinski definition) is 7. The topological polar surface area (TPSA) is 379 Å². The molecule has 0 saturated heterocycles. The van der Waals surface area contributed by atoms with Crippen molar-refractivity contribution in [3.05, 3.63) is 238 Å². The molecule has 0 atom stereocenters. The summed E-state index contributed by atoms with van der Waals surface area (Å²) in [6.45, 7) is 5.28. The van der Waals surface area contributed by atoms with E-state index in [1.165, 1.54) is 73.2 Å². The molecule has 0 aliphatic carbocycles. The number of alkyl halides is 9. The number of nitrogens with one attached hydrogen (secondary N) is 4. The van der Waals surface area contributed by atoms with Gasteiger partial charge in [0, 0.05) is 50.8 Å². The number of ether oxygens (including phenoxy) is 6. The first-order valence-corrected chi connectivity index (χ1v) is 33.1. The molecule has 572 valence electrons. The second-order valence-electron chi connectivity index (χ2n) is 22.4. The Morgan fingerprint density at radius 2 is 0.714 bits per heavy atom. The summed E-state index contributed by atoms with van der Waals surface area (Å²) in [6, 6.07) is 42.2. The van der Waals surface area contributed by atoms with Crippen LogP contribution in [0.1, 0.15) is 94.0 Å². The minimum atomic E-state index is -4.95. The van der Waals surface area contributed by atoms with Crippen LogP contribution in [0.25, 0.3) is 43.7 Å². The molecular formula is C76H53BrF9N11O15. The minimum absolute atomic E-state index is 0.00231. The van der Waals surface area contributed by atoms with Gasteiger partial charge in [0.15, 0.2) is 5.65 Å². The van der Waals surface area contributed by atoms with E-state index >= 15 is 0 Å². The number of rotatable bonds is 20. The van der Waals surface area contributed by atoms with Gasteiger partial charge in [0.1, 0.15) is 46.1 Å². The maximum atomic E-state index is 12.6. The number of carbonyl (C=O) groups is 6. The number of carboxylic acid groups (broad SMARTS) is 3. The number of pyridine rings is 5. The molecule has 12 aromatic rings. The number of halogens is 10. The Hall–Kier alpha value is -14.4. The molecule has 0 radical (unpaired) electrons. The van der Waals surface area contributed by atoms with E-state index < -0.39 is 72.2 Å². The molecule has 5 heterocycles. The zero-order chi connectivity index (χ0) is 81.2. The Balaban J connectivity index is 0.000000172. The lowest BCUT2D eigenvalue weighted by Gasteiger charge is -2.16. The van der Waals surface area contributed by atoms with E-state index in [1.807, 2.05) is 30.3 Å². The van der Waals surface area contributed by atoms with Gasteiger partial charge < -0.3 is 65.0 Å². The fraction of sp³-hybridized carbons (Fsp3) is 0.118. The third-order valence-electron chi connectivity index (χ3n) is 15.1. The number of anilines is 8. The lowest BCUT2D eigenvalue weighted by molar-refractivity contribution is -0.275. The highest BCUT2D eigenvalue weighted by Crippen LogP contribution is 2.40. The van der Waals surface area contributed by atoms with Crippen molar-refractivity contribution in [3.63, 3.8) is 0 Å². The highest BCUT2D eigenvalue weighted by Gasteiger charge is 2.34. The van der Waals surface area contributed by atoms with Gasteiger partial charge in [-0.2, -0.15) is 10.5 Å². The number of aromatic nitrogens is 5. The number of fused-ring (bicyclic) bond motifs is 4. The lowest BCUT2D eigenvalue weighted by Crippen LogP contribution is -2.17. The van der Waals surface area contributed by atoms with Crippen LogP contribution in [0.15, 0.2) is 193 Å². The molecule has 26 nitrogen and oxygen atoms in total. The van der Waals surface area contributed by atoms with Gasteiger partial charge in [0.25, 0.3) is 0 Å². The fourth-order valence-electron chi connectivity index (χ4n) is 10.4. The smallest absolute Gasteiger partial charge is 0.478 e. The largest absolute Gasteiger partial charge is 0.573 e. The summed E-state index contributed by atoms with van der Waals surface area (Å²) >= 11 is 3.42. The minimum Gasteiger partial charge on any atom is -0.478 e. The Kier molecular flexibility index (Phi) is 26.2. The van der Waals surface area contributed by atoms with E-state index in [-0.39, 0.29) is 115 Å². The Morgan fingerprint density at radius 1 is 0.384 bits per heavy atom. The molecule has 0 aliphatic rings. The van der Waals surface area contributed by atoms with Crippen LogP contribution in [-0.4, -0.2) is 115 Å². The van der Waals surface area contributed by atoms with Crippen LogP contribution in [0, 0.1) is 22.7 Å². The summed E-state index contributed by atoms with van der Waals surface area (Å²) in [5.41, 5.74) is 3.40. The number of esters is 3. The standard InChI is InChI=1S/C20H14F3N3O3.C19H15BrN2O4.C19H14F3N3O5.C18H10F3N3O3/c1-2-28-19(27)15-11-25-17-8-7-13(29-20(21,22)23)9-14(17)18(15)26-16-6-4-3-5-12(16)10-24;1-2-26-19(25)14-10-21-15-8-7-11(20)9-13(15)17(14)22-16-6-4-3-5-12(16)18(23)24;1-2-29-18(28)13-9-24-16-12(7-10(8-23-16)30-19(20,21)22)15(13)25-14-6-4-3-5-11(14)17(26)27;19-18(20,21)27-11-5-6-14-13(7-11)16(10(8-22)9-23-14)24-15-4-2-1-3-12(15)17(25)26/h3-9,11H,2H2,1H3,(H,25,26);3-10H,2H2,1H3,(H,21,22)(H,23,24);3-9H,2H2,1H3,(H,26,27)(H,23,24,25);1-7,9H,(H,23,24)(H,25,26). The molecule has 0 saturated carbocycles. The Labute approximate surface area is 633 Å². The summed E-state index contributed by atoms with van der Waals surface area (Å²) in [7, 11) is 0. The van der Waals surface area contributed by atoms with Crippen LogP contribution in [0.3, 0.4) is 0 Å². The number of aromatic carboxylic acids is 3. The Bertz CT molecular complexity index is 5690. The van der Waals surface area contributed by atoms with Crippen molar-refractivity contribution in [1.82, 2.24) is 24.9 Å². The van der Waals surface area contributed by atoms with Crippen molar-refractivity contribution in [3.8, 4) is 29.4 Å². The molecule has 7 N–H and O–H groups in total. The van der Waals surface area contributed by atoms with Crippen LogP contribution >= 0.6 is 15.9 Å². The quantitative estimate of drug-likeness (QED) is 0.0212. The van der Waals surface area contributed by atoms with Crippen LogP contribution in [0.2, 0.25) is 0 Å². The van der Waals surface area contributed by atoms with Crippen LogP contribution in [0.5, 0.6) is 17.2 Å². The first-order chi connectivity index (χ1) is 53.3. The summed E-state index contributed by atoms with van der Waals surface area (Å²) in [6.07, 6.45) is -8.78. The molecule has 0 spiro atoms. The average molecular weight is 1610 g/mol. The Morgan fingerprint density at radius 3 is 1.13 bits per heavy atom. The van der Waals surface area contributed by atoms with Crippen molar-refractivity contribution >= 4 is 141 Å². The maximum absolute atomic E-state index is 12.6. The molecule has 12 rings (SSSR count).